The number of rotatable bonds is 3. The molecule has 0 heterocycles. The summed E-state index contributed by atoms with van der Waals surface area (Å²) in [5.41, 5.74) is 1.60. The lowest BCUT2D eigenvalue weighted by molar-refractivity contribution is -0.385. The highest BCUT2D eigenvalue weighted by Crippen LogP contribution is 2.25. The van der Waals surface area contributed by atoms with Crippen LogP contribution in [0.3, 0.4) is 0 Å². The molecule has 1 aromatic rings. The molecule has 0 aliphatic heterocycles. The second-order valence-corrected chi connectivity index (χ2v) is 3.39. The van der Waals surface area contributed by atoms with Crippen molar-refractivity contribution in [3.8, 4) is 0 Å². The van der Waals surface area contributed by atoms with Crippen molar-refractivity contribution in [3.63, 3.8) is 0 Å². The SMILES string of the molecule is C/C=C/c1ccc(N(C)C)cc1[N+](=O)[O-]. The lowest BCUT2D eigenvalue weighted by Gasteiger charge is -2.12. The van der Waals surface area contributed by atoms with Crippen LogP contribution < -0.4 is 4.90 Å². The van der Waals surface area contributed by atoms with Crippen molar-refractivity contribution in [2.24, 2.45) is 0 Å². The van der Waals surface area contributed by atoms with Crippen molar-refractivity contribution < 1.29 is 4.92 Å². The molecule has 0 amide bonds. The van der Waals surface area contributed by atoms with Crippen LogP contribution in [0.4, 0.5) is 11.4 Å². The molecule has 0 fully saturated rings. The van der Waals surface area contributed by atoms with Gasteiger partial charge in [-0.2, -0.15) is 0 Å². The highest BCUT2D eigenvalue weighted by Gasteiger charge is 2.12. The van der Waals surface area contributed by atoms with Gasteiger partial charge in [0.1, 0.15) is 0 Å². The van der Waals surface area contributed by atoms with E-state index in [-0.39, 0.29) is 10.6 Å². The topological polar surface area (TPSA) is 46.4 Å². The molecule has 0 N–H and O–H groups in total. The molecular weight excluding hydrogens is 192 g/mol. The number of hydrogen-bond donors (Lipinski definition) is 0. The Hall–Kier alpha value is -1.84. The van der Waals surface area contributed by atoms with E-state index in [0.717, 1.165) is 5.69 Å². The average molecular weight is 206 g/mol. The van der Waals surface area contributed by atoms with Crippen LogP contribution in [0.1, 0.15) is 12.5 Å². The van der Waals surface area contributed by atoms with E-state index in [1.54, 1.807) is 24.3 Å². The van der Waals surface area contributed by atoms with E-state index in [9.17, 15) is 10.1 Å². The zero-order valence-corrected chi connectivity index (χ0v) is 9.10. The van der Waals surface area contributed by atoms with Gasteiger partial charge < -0.3 is 4.90 Å². The Morgan fingerprint density at radius 1 is 1.40 bits per heavy atom. The summed E-state index contributed by atoms with van der Waals surface area (Å²) in [5, 5.41) is 10.8. The maximum absolute atomic E-state index is 10.8. The van der Waals surface area contributed by atoms with Gasteiger partial charge in [-0.3, -0.25) is 10.1 Å². The molecule has 1 aromatic carbocycles. The molecule has 0 spiro atoms. The molecule has 4 heteroatoms. The molecule has 0 saturated heterocycles. The summed E-state index contributed by atoms with van der Waals surface area (Å²) >= 11 is 0. The van der Waals surface area contributed by atoms with Crippen LogP contribution in [0.15, 0.2) is 24.3 Å². The number of hydrogen-bond acceptors (Lipinski definition) is 3. The average Bonchev–Trinajstić information content (AvgIpc) is 2.18. The zero-order valence-electron chi connectivity index (χ0n) is 9.10. The largest absolute Gasteiger partial charge is 0.377 e. The Balaban J connectivity index is 3.27. The lowest BCUT2D eigenvalue weighted by Crippen LogP contribution is -2.09. The fourth-order valence-corrected chi connectivity index (χ4v) is 1.29. The first-order chi connectivity index (χ1) is 7.06. The Labute approximate surface area is 89.0 Å². The predicted molar refractivity (Wildman–Crippen MR) is 62.1 cm³/mol. The molecule has 1 rings (SSSR count). The number of allylic oxidation sites excluding steroid dienone is 1. The molecule has 0 aliphatic carbocycles. The number of nitrogens with zero attached hydrogens (tertiary/aromatic N) is 2. The van der Waals surface area contributed by atoms with Crippen LogP contribution in [-0.4, -0.2) is 19.0 Å². The number of anilines is 1. The third-order valence-electron chi connectivity index (χ3n) is 2.07. The second kappa shape index (κ2) is 4.59. The van der Waals surface area contributed by atoms with Gasteiger partial charge in [-0.05, 0) is 19.1 Å². The minimum absolute atomic E-state index is 0.138. The maximum Gasteiger partial charge on any atom is 0.278 e. The first kappa shape index (κ1) is 11.2. The Bertz CT molecular complexity index is 398. The van der Waals surface area contributed by atoms with Crippen LogP contribution in [-0.2, 0) is 0 Å². The lowest BCUT2D eigenvalue weighted by atomic mass is 10.1. The van der Waals surface area contributed by atoms with Gasteiger partial charge >= 0.3 is 0 Å². The molecule has 0 unspecified atom stereocenters. The van der Waals surface area contributed by atoms with Crippen molar-refractivity contribution in [1.82, 2.24) is 0 Å². The Kier molecular flexibility index (Phi) is 3.44. The summed E-state index contributed by atoms with van der Waals surface area (Å²) in [5.74, 6) is 0. The van der Waals surface area contributed by atoms with Gasteiger partial charge in [-0.15, -0.1) is 0 Å². The first-order valence-electron chi connectivity index (χ1n) is 4.64. The first-order valence-corrected chi connectivity index (χ1v) is 4.64. The fourth-order valence-electron chi connectivity index (χ4n) is 1.29. The summed E-state index contributed by atoms with van der Waals surface area (Å²) in [6.45, 7) is 1.84. The van der Waals surface area contributed by atoms with E-state index in [1.807, 2.05) is 32.0 Å². The van der Waals surface area contributed by atoms with E-state index in [2.05, 4.69) is 0 Å². The molecule has 0 aliphatic rings. The zero-order chi connectivity index (χ0) is 11.4. The summed E-state index contributed by atoms with van der Waals surface area (Å²) in [4.78, 5) is 12.3. The number of nitro benzene ring substituents is 1. The number of benzene rings is 1. The molecular formula is C11H14N2O2. The van der Waals surface area contributed by atoms with Gasteiger partial charge in [0.2, 0.25) is 0 Å². The normalized spacial score (nSPS) is 10.6. The Morgan fingerprint density at radius 3 is 2.53 bits per heavy atom. The van der Waals surface area contributed by atoms with E-state index >= 15 is 0 Å². The van der Waals surface area contributed by atoms with Crippen LogP contribution in [0.2, 0.25) is 0 Å². The van der Waals surface area contributed by atoms with Crippen molar-refractivity contribution in [2.75, 3.05) is 19.0 Å². The summed E-state index contributed by atoms with van der Waals surface area (Å²) in [7, 11) is 3.71. The maximum atomic E-state index is 10.8. The standard InChI is InChI=1S/C11H14N2O2/c1-4-5-9-6-7-10(12(2)3)8-11(9)13(14)15/h4-8H,1-3H3/b5-4+. The van der Waals surface area contributed by atoms with E-state index in [4.69, 9.17) is 0 Å². The molecule has 80 valence electrons. The number of nitro groups is 1. The van der Waals surface area contributed by atoms with Gasteiger partial charge in [-0.25, -0.2) is 0 Å². The fraction of sp³-hybridized carbons (Fsp3) is 0.273. The molecule has 15 heavy (non-hydrogen) atoms. The summed E-state index contributed by atoms with van der Waals surface area (Å²) in [6.07, 6.45) is 3.52. The monoisotopic (exact) mass is 206 g/mol. The minimum Gasteiger partial charge on any atom is -0.377 e. The van der Waals surface area contributed by atoms with Gasteiger partial charge in [0.05, 0.1) is 10.5 Å². The Morgan fingerprint density at radius 2 is 2.07 bits per heavy atom. The predicted octanol–water partition coefficient (Wildman–Crippen LogP) is 2.69. The molecule has 0 saturated carbocycles. The molecule has 4 nitrogen and oxygen atoms in total. The van der Waals surface area contributed by atoms with Gasteiger partial charge in [0.25, 0.3) is 5.69 Å². The van der Waals surface area contributed by atoms with E-state index < -0.39 is 0 Å². The smallest absolute Gasteiger partial charge is 0.278 e. The van der Waals surface area contributed by atoms with Crippen LogP contribution in [0.5, 0.6) is 0 Å². The van der Waals surface area contributed by atoms with Crippen molar-refractivity contribution in [3.05, 3.63) is 40.0 Å². The highest BCUT2D eigenvalue weighted by molar-refractivity contribution is 5.66. The van der Waals surface area contributed by atoms with Gasteiger partial charge in [-0.1, -0.05) is 12.2 Å². The summed E-state index contributed by atoms with van der Waals surface area (Å²) < 4.78 is 0. The minimum atomic E-state index is -0.359. The van der Waals surface area contributed by atoms with Gasteiger partial charge in [0, 0.05) is 25.8 Å². The quantitative estimate of drug-likeness (QED) is 0.564. The third kappa shape index (κ3) is 2.56. The second-order valence-electron chi connectivity index (χ2n) is 3.39. The molecule has 0 bridgehead atoms. The highest BCUT2D eigenvalue weighted by atomic mass is 16.6. The van der Waals surface area contributed by atoms with Crippen molar-refractivity contribution >= 4 is 17.5 Å². The van der Waals surface area contributed by atoms with Crippen LogP contribution in [0.25, 0.3) is 6.08 Å². The van der Waals surface area contributed by atoms with Crippen molar-refractivity contribution in [2.45, 2.75) is 6.92 Å². The molecule has 0 atom stereocenters. The van der Waals surface area contributed by atoms with Crippen LogP contribution >= 0.6 is 0 Å². The van der Waals surface area contributed by atoms with Gasteiger partial charge in [0.15, 0.2) is 0 Å². The van der Waals surface area contributed by atoms with Crippen molar-refractivity contribution in [1.29, 1.82) is 0 Å². The van der Waals surface area contributed by atoms with Crippen LogP contribution in [0, 0.1) is 10.1 Å². The molecule has 0 radical (unpaired) electrons. The molecule has 0 aromatic heterocycles. The summed E-state index contributed by atoms with van der Waals surface area (Å²) in [6, 6.07) is 5.20. The van der Waals surface area contributed by atoms with E-state index in [0.29, 0.717) is 5.56 Å². The van der Waals surface area contributed by atoms with E-state index in [1.165, 1.54) is 0 Å². The third-order valence-corrected chi connectivity index (χ3v) is 2.07.